The molecule has 0 aliphatic heterocycles. The first-order valence-electron chi connectivity index (χ1n) is 9.11. The molecule has 0 amide bonds. The Balaban J connectivity index is 1.76. The minimum atomic E-state index is 0.288. The maximum Gasteiger partial charge on any atom is 0.118 e. The van der Waals surface area contributed by atoms with Gasteiger partial charge in [0.05, 0.1) is 13.7 Å². The zero-order chi connectivity index (χ0) is 17.4. The van der Waals surface area contributed by atoms with Gasteiger partial charge < -0.3 is 9.47 Å². The lowest BCUT2D eigenvalue weighted by atomic mass is 9.64. The molecule has 0 saturated carbocycles. The molecule has 1 aliphatic carbocycles. The van der Waals surface area contributed by atoms with Crippen molar-refractivity contribution < 1.29 is 9.47 Å². The molecule has 1 aromatic rings. The number of benzene rings is 1. The van der Waals surface area contributed by atoms with E-state index in [0.717, 1.165) is 37.5 Å². The average molecular weight is 328 g/mol. The Morgan fingerprint density at radius 2 is 2.04 bits per heavy atom. The summed E-state index contributed by atoms with van der Waals surface area (Å²) >= 11 is 0. The molecule has 0 spiro atoms. The van der Waals surface area contributed by atoms with Crippen molar-refractivity contribution in [3.05, 3.63) is 54.1 Å². The smallest absolute Gasteiger partial charge is 0.118 e. The van der Waals surface area contributed by atoms with Gasteiger partial charge in [0.2, 0.25) is 0 Å². The summed E-state index contributed by atoms with van der Waals surface area (Å²) in [6.45, 7) is 10.2. The minimum Gasteiger partial charge on any atom is -0.497 e. The SMILES string of the molecule is C=CC[C@@]1(C)C(CCCOCc2ccc(OC)cc2)=CCC[C@@H]1C. The highest BCUT2D eigenvalue weighted by Gasteiger charge is 2.35. The highest BCUT2D eigenvalue weighted by molar-refractivity contribution is 5.26. The minimum absolute atomic E-state index is 0.288. The van der Waals surface area contributed by atoms with Crippen LogP contribution in [0, 0.1) is 11.3 Å². The molecular formula is C22H32O2. The molecule has 2 rings (SSSR count). The van der Waals surface area contributed by atoms with Crippen molar-refractivity contribution in [2.75, 3.05) is 13.7 Å². The Morgan fingerprint density at radius 3 is 2.71 bits per heavy atom. The summed E-state index contributed by atoms with van der Waals surface area (Å²) in [5, 5.41) is 0. The number of allylic oxidation sites excluding steroid dienone is 3. The fraction of sp³-hybridized carbons (Fsp3) is 0.545. The first-order valence-corrected chi connectivity index (χ1v) is 9.11. The molecule has 0 saturated heterocycles. The van der Waals surface area contributed by atoms with Crippen LogP contribution in [0.2, 0.25) is 0 Å². The summed E-state index contributed by atoms with van der Waals surface area (Å²) in [5.74, 6) is 1.62. The average Bonchev–Trinajstić information content (AvgIpc) is 2.59. The monoisotopic (exact) mass is 328 g/mol. The zero-order valence-electron chi connectivity index (χ0n) is 15.5. The van der Waals surface area contributed by atoms with E-state index in [2.05, 4.69) is 44.7 Å². The van der Waals surface area contributed by atoms with Crippen molar-refractivity contribution in [1.29, 1.82) is 0 Å². The molecule has 0 unspecified atom stereocenters. The second kappa shape index (κ2) is 9.08. The second-order valence-electron chi connectivity index (χ2n) is 7.12. The molecule has 2 heteroatoms. The molecule has 132 valence electrons. The number of hydrogen-bond donors (Lipinski definition) is 0. The molecule has 0 fully saturated rings. The summed E-state index contributed by atoms with van der Waals surface area (Å²) < 4.78 is 11.0. The van der Waals surface area contributed by atoms with Crippen LogP contribution >= 0.6 is 0 Å². The molecule has 0 aromatic heterocycles. The number of rotatable bonds is 9. The summed E-state index contributed by atoms with van der Waals surface area (Å²) in [6.07, 6.45) is 10.4. The molecular weight excluding hydrogens is 296 g/mol. The maximum absolute atomic E-state index is 5.85. The normalized spacial score (nSPS) is 23.6. The lowest BCUT2D eigenvalue weighted by Gasteiger charge is -2.41. The van der Waals surface area contributed by atoms with Crippen molar-refractivity contribution in [2.45, 2.75) is 52.6 Å². The van der Waals surface area contributed by atoms with Crippen LogP contribution in [0.5, 0.6) is 5.75 Å². The van der Waals surface area contributed by atoms with Gasteiger partial charge in [0.15, 0.2) is 0 Å². The van der Waals surface area contributed by atoms with E-state index in [1.165, 1.54) is 18.4 Å². The summed E-state index contributed by atoms with van der Waals surface area (Å²) in [4.78, 5) is 0. The molecule has 2 nitrogen and oxygen atoms in total. The molecule has 0 radical (unpaired) electrons. The van der Waals surface area contributed by atoms with Crippen molar-refractivity contribution in [3.63, 3.8) is 0 Å². The highest BCUT2D eigenvalue weighted by Crippen LogP contribution is 2.46. The predicted octanol–water partition coefficient (Wildman–Crippen LogP) is 5.93. The fourth-order valence-electron chi connectivity index (χ4n) is 3.67. The molecule has 0 N–H and O–H groups in total. The molecule has 1 aromatic carbocycles. The van der Waals surface area contributed by atoms with Gasteiger partial charge in [-0.2, -0.15) is 0 Å². The van der Waals surface area contributed by atoms with Gasteiger partial charge in [-0.3, -0.25) is 0 Å². The van der Waals surface area contributed by atoms with Gasteiger partial charge in [-0.25, -0.2) is 0 Å². The molecule has 1 aliphatic rings. The Hall–Kier alpha value is -1.54. The Labute approximate surface area is 147 Å². The van der Waals surface area contributed by atoms with Crippen LogP contribution in [0.15, 0.2) is 48.6 Å². The van der Waals surface area contributed by atoms with Crippen LogP contribution in [-0.2, 0) is 11.3 Å². The van der Waals surface area contributed by atoms with E-state index in [1.807, 2.05) is 12.1 Å². The van der Waals surface area contributed by atoms with Crippen molar-refractivity contribution in [2.24, 2.45) is 11.3 Å². The van der Waals surface area contributed by atoms with Crippen LogP contribution < -0.4 is 4.74 Å². The Kier molecular flexibility index (Phi) is 7.11. The quantitative estimate of drug-likeness (QED) is 0.413. The first-order chi connectivity index (χ1) is 11.6. The Morgan fingerprint density at radius 1 is 1.29 bits per heavy atom. The molecule has 24 heavy (non-hydrogen) atoms. The number of methoxy groups -OCH3 is 1. The standard InChI is InChI=1S/C22H32O2/c1-5-15-22(3)18(2)8-6-9-20(22)10-7-16-24-17-19-11-13-21(23-4)14-12-19/h5,9,11-14,18H,1,6-8,10,15-17H2,2-4H3/t18-,22+/m0/s1. The third-order valence-corrected chi connectivity index (χ3v) is 5.54. The van der Waals surface area contributed by atoms with E-state index in [-0.39, 0.29) is 5.41 Å². The molecule has 2 atom stereocenters. The lowest BCUT2D eigenvalue weighted by molar-refractivity contribution is 0.116. The lowest BCUT2D eigenvalue weighted by Crippen LogP contribution is -2.30. The predicted molar refractivity (Wildman–Crippen MR) is 101 cm³/mol. The highest BCUT2D eigenvalue weighted by atomic mass is 16.5. The van der Waals surface area contributed by atoms with E-state index < -0.39 is 0 Å². The largest absolute Gasteiger partial charge is 0.497 e. The third-order valence-electron chi connectivity index (χ3n) is 5.54. The molecule has 0 heterocycles. The van der Waals surface area contributed by atoms with Gasteiger partial charge >= 0.3 is 0 Å². The van der Waals surface area contributed by atoms with E-state index in [0.29, 0.717) is 6.61 Å². The van der Waals surface area contributed by atoms with Crippen LogP contribution in [0.4, 0.5) is 0 Å². The summed E-state index contributed by atoms with van der Waals surface area (Å²) in [7, 11) is 1.69. The van der Waals surface area contributed by atoms with Crippen LogP contribution in [-0.4, -0.2) is 13.7 Å². The summed E-state index contributed by atoms with van der Waals surface area (Å²) in [6, 6.07) is 8.08. The second-order valence-corrected chi connectivity index (χ2v) is 7.12. The van der Waals surface area contributed by atoms with E-state index >= 15 is 0 Å². The van der Waals surface area contributed by atoms with E-state index in [4.69, 9.17) is 9.47 Å². The third kappa shape index (κ3) is 4.73. The molecule has 0 bridgehead atoms. The van der Waals surface area contributed by atoms with Gasteiger partial charge in [-0.15, -0.1) is 6.58 Å². The van der Waals surface area contributed by atoms with Crippen LogP contribution in [0.3, 0.4) is 0 Å². The van der Waals surface area contributed by atoms with Gasteiger partial charge in [-0.05, 0) is 61.1 Å². The first kappa shape index (κ1) is 18.8. The Bertz CT molecular complexity index is 544. The van der Waals surface area contributed by atoms with Crippen molar-refractivity contribution in [3.8, 4) is 5.75 Å². The van der Waals surface area contributed by atoms with Crippen LogP contribution in [0.1, 0.15) is 51.5 Å². The van der Waals surface area contributed by atoms with Crippen LogP contribution in [0.25, 0.3) is 0 Å². The van der Waals surface area contributed by atoms with E-state index in [9.17, 15) is 0 Å². The number of ether oxygens (including phenoxy) is 2. The zero-order valence-corrected chi connectivity index (χ0v) is 15.5. The van der Waals surface area contributed by atoms with Crippen molar-refractivity contribution in [1.82, 2.24) is 0 Å². The van der Waals surface area contributed by atoms with Gasteiger partial charge in [0.1, 0.15) is 5.75 Å². The van der Waals surface area contributed by atoms with Gasteiger partial charge in [0, 0.05) is 6.61 Å². The van der Waals surface area contributed by atoms with Gasteiger partial charge in [0.25, 0.3) is 0 Å². The number of hydrogen-bond acceptors (Lipinski definition) is 2. The fourth-order valence-corrected chi connectivity index (χ4v) is 3.67. The topological polar surface area (TPSA) is 18.5 Å². The summed E-state index contributed by atoms with van der Waals surface area (Å²) in [5.41, 5.74) is 3.09. The van der Waals surface area contributed by atoms with E-state index in [1.54, 1.807) is 12.7 Å². The van der Waals surface area contributed by atoms with Gasteiger partial charge in [-0.1, -0.05) is 43.7 Å². The van der Waals surface area contributed by atoms with Crippen molar-refractivity contribution >= 4 is 0 Å². The maximum atomic E-state index is 5.85.